The molecule has 1 aromatic carbocycles. The molecule has 1 aliphatic heterocycles. The van der Waals surface area contributed by atoms with Crippen LogP contribution in [-0.4, -0.2) is 52.1 Å². The number of rotatable bonds is 6. The van der Waals surface area contributed by atoms with Crippen LogP contribution in [0.4, 0.5) is 0 Å². The molecule has 3 N–H and O–H groups in total. The number of primary sulfonamides is 1. The van der Waals surface area contributed by atoms with Crippen LogP contribution >= 0.6 is 0 Å². The smallest absolute Gasteiger partial charge is 0.266 e. The van der Waals surface area contributed by atoms with Crippen LogP contribution < -0.4 is 10.5 Å². The summed E-state index contributed by atoms with van der Waals surface area (Å²) < 4.78 is 27.6. The summed E-state index contributed by atoms with van der Waals surface area (Å²) >= 11 is 0. The summed E-state index contributed by atoms with van der Waals surface area (Å²) in [6, 6.07) is 8.15. The SMILES string of the molecule is N#C/C(=C/NCCc1ccc(S(N)(=O)=O)cc1)C(=O)N1CCOCC1. The van der Waals surface area contributed by atoms with Crippen LogP contribution in [0.1, 0.15) is 5.56 Å². The largest absolute Gasteiger partial charge is 0.389 e. The van der Waals surface area contributed by atoms with E-state index in [1.165, 1.54) is 18.3 Å². The molecule has 1 aliphatic rings. The van der Waals surface area contributed by atoms with E-state index in [0.29, 0.717) is 39.3 Å². The summed E-state index contributed by atoms with van der Waals surface area (Å²) in [7, 11) is -3.69. The number of nitriles is 1. The Balaban J connectivity index is 1.86. The highest BCUT2D eigenvalue weighted by Crippen LogP contribution is 2.09. The molecule has 9 heteroatoms. The Labute approximate surface area is 146 Å². The molecule has 0 bridgehead atoms. The first-order valence-electron chi connectivity index (χ1n) is 7.74. The van der Waals surface area contributed by atoms with Gasteiger partial charge in [0.2, 0.25) is 10.0 Å². The predicted octanol–water partition coefficient (Wildman–Crippen LogP) is -0.268. The van der Waals surface area contributed by atoms with Gasteiger partial charge in [-0.05, 0) is 24.1 Å². The molecule has 0 unspecified atom stereocenters. The van der Waals surface area contributed by atoms with Crippen molar-refractivity contribution in [3.63, 3.8) is 0 Å². The maximum absolute atomic E-state index is 12.2. The van der Waals surface area contributed by atoms with Crippen molar-refractivity contribution in [1.82, 2.24) is 10.2 Å². The highest BCUT2D eigenvalue weighted by Gasteiger charge is 2.20. The lowest BCUT2D eigenvalue weighted by atomic mass is 10.1. The first kappa shape index (κ1) is 18.9. The molecule has 1 aromatic rings. The Hall–Kier alpha value is -2.41. The van der Waals surface area contributed by atoms with E-state index in [4.69, 9.17) is 15.1 Å². The van der Waals surface area contributed by atoms with Crippen LogP contribution in [0.25, 0.3) is 0 Å². The van der Waals surface area contributed by atoms with Crippen LogP contribution in [0.3, 0.4) is 0 Å². The lowest BCUT2D eigenvalue weighted by Crippen LogP contribution is -2.41. The second-order valence-corrected chi connectivity index (χ2v) is 7.03. The molecular formula is C16H20N4O4S. The van der Waals surface area contributed by atoms with Crippen LogP contribution in [0.2, 0.25) is 0 Å². The van der Waals surface area contributed by atoms with Gasteiger partial charge < -0.3 is 15.0 Å². The number of nitrogens with zero attached hydrogens (tertiary/aromatic N) is 2. The average molecular weight is 364 g/mol. The minimum Gasteiger partial charge on any atom is -0.389 e. The number of benzene rings is 1. The molecule has 1 saturated heterocycles. The van der Waals surface area contributed by atoms with Gasteiger partial charge in [-0.3, -0.25) is 4.79 Å². The third-order valence-corrected chi connectivity index (χ3v) is 4.63. The van der Waals surface area contributed by atoms with Crippen LogP contribution in [0.15, 0.2) is 40.9 Å². The van der Waals surface area contributed by atoms with Gasteiger partial charge >= 0.3 is 0 Å². The van der Waals surface area contributed by atoms with Crippen LogP contribution in [0, 0.1) is 11.3 Å². The number of carbonyl (C=O) groups excluding carboxylic acids is 1. The molecule has 2 rings (SSSR count). The van der Waals surface area contributed by atoms with Gasteiger partial charge in [0, 0.05) is 25.8 Å². The molecule has 25 heavy (non-hydrogen) atoms. The van der Waals surface area contributed by atoms with E-state index >= 15 is 0 Å². The van der Waals surface area contributed by atoms with Gasteiger partial charge in [-0.2, -0.15) is 5.26 Å². The third-order valence-electron chi connectivity index (χ3n) is 3.71. The Morgan fingerprint density at radius 1 is 1.32 bits per heavy atom. The molecular weight excluding hydrogens is 344 g/mol. The highest BCUT2D eigenvalue weighted by molar-refractivity contribution is 7.89. The lowest BCUT2D eigenvalue weighted by molar-refractivity contribution is -0.130. The van der Waals surface area contributed by atoms with E-state index in [0.717, 1.165) is 5.56 Å². The molecule has 0 atom stereocenters. The van der Waals surface area contributed by atoms with Crippen molar-refractivity contribution in [2.24, 2.45) is 5.14 Å². The van der Waals surface area contributed by atoms with Crippen molar-refractivity contribution in [3.8, 4) is 6.07 Å². The van der Waals surface area contributed by atoms with Gasteiger partial charge in [0.05, 0.1) is 18.1 Å². The van der Waals surface area contributed by atoms with Crippen LogP contribution in [0.5, 0.6) is 0 Å². The number of morpholine rings is 1. The zero-order chi connectivity index (χ0) is 18.3. The number of ether oxygens (including phenoxy) is 1. The van der Waals surface area contributed by atoms with Crippen molar-refractivity contribution >= 4 is 15.9 Å². The van der Waals surface area contributed by atoms with Crippen molar-refractivity contribution in [3.05, 3.63) is 41.6 Å². The number of sulfonamides is 1. The van der Waals surface area contributed by atoms with Crippen molar-refractivity contribution in [2.45, 2.75) is 11.3 Å². The van der Waals surface area contributed by atoms with E-state index in [1.807, 2.05) is 6.07 Å². The summed E-state index contributed by atoms with van der Waals surface area (Å²) in [5.74, 6) is -0.309. The van der Waals surface area contributed by atoms with E-state index in [9.17, 15) is 13.2 Å². The number of nitrogens with two attached hydrogens (primary N) is 1. The summed E-state index contributed by atoms with van der Waals surface area (Å²) in [4.78, 5) is 13.8. The topological polar surface area (TPSA) is 126 Å². The molecule has 0 aliphatic carbocycles. The Morgan fingerprint density at radius 2 is 1.96 bits per heavy atom. The minimum absolute atomic E-state index is 0.0477. The minimum atomic E-state index is -3.69. The second kappa shape index (κ2) is 8.62. The Morgan fingerprint density at radius 3 is 2.52 bits per heavy atom. The van der Waals surface area contributed by atoms with Crippen molar-refractivity contribution in [2.75, 3.05) is 32.8 Å². The van der Waals surface area contributed by atoms with Gasteiger partial charge in [0.15, 0.2) is 0 Å². The fourth-order valence-corrected chi connectivity index (χ4v) is 2.83. The van der Waals surface area contributed by atoms with Gasteiger partial charge in [0.1, 0.15) is 11.6 Å². The summed E-state index contributed by atoms with van der Waals surface area (Å²) in [5, 5.41) is 17.1. The number of hydrogen-bond acceptors (Lipinski definition) is 6. The van der Waals surface area contributed by atoms with Gasteiger partial charge in [-0.25, -0.2) is 13.6 Å². The molecule has 1 fully saturated rings. The van der Waals surface area contributed by atoms with E-state index in [1.54, 1.807) is 17.0 Å². The first-order valence-corrected chi connectivity index (χ1v) is 9.29. The summed E-state index contributed by atoms with van der Waals surface area (Å²) in [5.41, 5.74) is 0.956. The molecule has 0 spiro atoms. The second-order valence-electron chi connectivity index (χ2n) is 5.47. The van der Waals surface area contributed by atoms with E-state index in [2.05, 4.69) is 5.32 Å². The number of hydrogen-bond donors (Lipinski definition) is 2. The van der Waals surface area contributed by atoms with Crippen LogP contribution in [-0.2, 0) is 26.0 Å². The van der Waals surface area contributed by atoms with Crippen molar-refractivity contribution < 1.29 is 17.9 Å². The maximum Gasteiger partial charge on any atom is 0.266 e. The van der Waals surface area contributed by atoms with E-state index in [-0.39, 0.29) is 16.4 Å². The molecule has 134 valence electrons. The van der Waals surface area contributed by atoms with E-state index < -0.39 is 10.0 Å². The molecule has 1 amide bonds. The molecule has 0 saturated carbocycles. The van der Waals surface area contributed by atoms with Gasteiger partial charge in [-0.15, -0.1) is 0 Å². The predicted molar refractivity (Wildman–Crippen MR) is 90.6 cm³/mol. The Kier molecular flexibility index (Phi) is 6.52. The standard InChI is InChI=1S/C16H20N4O4S/c17-11-14(16(21)20-7-9-24-10-8-20)12-19-6-5-13-1-3-15(4-2-13)25(18,22)23/h1-4,12,19H,5-10H2,(H2,18,22,23)/b14-12-. The molecule has 0 aromatic heterocycles. The number of amides is 1. The molecule has 0 radical (unpaired) electrons. The van der Waals surface area contributed by atoms with Crippen molar-refractivity contribution in [1.29, 1.82) is 5.26 Å². The highest BCUT2D eigenvalue weighted by atomic mass is 32.2. The third kappa shape index (κ3) is 5.56. The first-order chi connectivity index (χ1) is 11.9. The number of carbonyl (C=O) groups is 1. The van der Waals surface area contributed by atoms with Gasteiger partial charge in [0.25, 0.3) is 5.91 Å². The fourth-order valence-electron chi connectivity index (χ4n) is 2.32. The summed E-state index contributed by atoms with van der Waals surface area (Å²) in [6.45, 7) is 2.41. The quantitative estimate of drug-likeness (QED) is 0.407. The maximum atomic E-state index is 12.2. The molecule has 1 heterocycles. The van der Waals surface area contributed by atoms with Gasteiger partial charge in [-0.1, -0.05) is 12.1 Å². The Bertz CT molecular complexity index is 775. The average Bonchev–Trinajstić information content (AvgIpc) is 2.62. The molecule has 8 nitrogen and oxygen atoms in total. The summed E-state index contributed by atoms with van der Waals surface area (Å²) in [6.07, 6.45) is 2.02. The zero-order valence-corrected chi connectivity index (χ0v) is 14.5. The fraction of sp³-hybridized carbons (Fsp3) is 0.375. The number of nitrogens with one attached hydrogen (secondary N) is 1. The monoisotopic (exact) mass is 364 g/mol. The lowest BCUT2D eigenvalue weighted by Gasteiger charge is -2.26. The normalized spacial score (nSPS) is 15.5. The zero-order valence-electron chi connectivity index (χ0n) is 13.6.